The number of rotatable bonds is 2. The lowest BCUT2D eigenvalue weighted by Gasteiger charge is -2.45. The monoisotopic (exact) mass is 326 g/mol. The minimum absolute atomic E-state index is 0.0604. The Morgan fingerprint density at radius 1 is 1.17 bits per heavy atom. The summed E-state index contributed by atoms with van der Waals surface area (Å²) in [5.41, 5.74) is 0.629. The summed E-state index contributed by atoms with van der Waals surface area (Å²) in [6, 6.07) is 11.0. The summed E-state index contributed by atoms with van der Waals surface area (Å²) in [6.07, 6.45) is 2.59. The Labute approximate surface area is 138 Å². The van der Waals surface area contributed by atoms with Crippen molar-refractivity contribution in [2.75, 3.05) is 13.2 Å². The van der Waals surface area contributed by atoms with Gasteiger partial charge in [-0.3, -0.25) is 9.59 Å². The van der Waals surface area contributed by atoms with Crippen molar-refractivity contribution in [3.05, 3.63) is 64.1 Å². The molecule has 2 aliphatic rings. The highest BCUT2D eigenvalue weighted by Gasteiger charge is 2.43. The van der Waals surface area contributed by atoms with Gasteiger partial charge in [0.05, 0.1) is 12.6 Å². The third-order valence-electron chi connectivity index (χ3n) is 4.68. The second-order valence-electron chi connectivity index (χ2n) is 6.15. The molecule has 0 radical (unpaired) electrons. The first-order valence-corrected chi connectivity index (χ1v) is 8.07. The molecule has 2 aliphatic heterocycles. The highest BCUT2D eigenvalue weighted by molar-refractivity contribution is 5.96. The van der Waals surface area contributed by atoms with E-state index in [0.717, 1.165) is 12.0 Å². The second kappa shape index (κ2) is 5.79. The molecule has 124 valence electrons. The Bertz CT molecular complexity index is 831. The van der Waals surface area contributed by atoms with E-state index in [1.165, 1.54) is 6.07 Å². The molecule has 0 saturated carbocycles. The van der Waals surface area contributed by atoms with E-state index < -0.39 is 11.2 Å². The number of carbonyl (C=O) groups excluding carboxylic acids is 1. The molecule has 0 unspecified atom stereocenters. The molecule has 0 spiro atoms. The number of fused-ring (bicyclic) bond motifs is 2. The van der Waals surface area contributed by atoms with Crippen molar-refractivity contribution in [2.45, 2.75) is 25.1 Å². The molecule has 1 saturated heterocycles. The fourth-order valence-electron chi connectivity index (χ4n) is 3.55. The zero-order chi connectivity index (χ0) is 16.7. The normalized spacial score (nSPS) is 22.8. The van der Waals surface area contributed by atoms with E-state index in [1.54, 1.807) is 15.7 Å². The second-order valence-corrected chi connectivity index (χ2v) is 6.15. The van der Waals surface area contributed by atoms with Gasteiger partial charge in [-0.25, -0.2) is 0 Å². The Hall–Kier alpha value is -2.60. The molecule has 1 aromatic heterocycles. The van der Waals surface area contributed by atoms with Crippen LogP contribution in [0.1, 0.15) is 28.5 Å². The first-order valence-electron chi connectivity index (χ1n) is 8.07. The van der Waals surface area contributed by atoms with Crippen LogP contribution in [0.3, 0.4) is 0 Å². The molecular formula is C18H18N2O4. The lowest BCUT2D eigenvalue weighted by Crippen LogP contribution is -2.56. The standard InChI is InChI=1S/C18H18N2O4/c21-14-7-9-19-13(11-12-5-2-1-3-6-12)18-20(8-4-10-24-18)17(23)15(19)16(14)22/h1-3,5-7,9,13,18,22H,4,8,10-11H2/t13-,18+/m0/s1. The Balaban J connectivity index is 1.84. The maximum atomic E-state index is 12.7. The predicted octanol–water partition coefficient (Wildman–Crippen LogP) is 1.54. The number of aromatic hydroxyl groups is 1. The molecular weight excluding hydrogens is 308 g/mol. The SMILES string of the molecule is O=C1c2c(O)c(=O)ccn2[C@@H](Cc2ccccc2)[C@H]2OCCCN12. The van der Waals surface area contributed by atoms with Crippen LogP contribution >= 0.6 is 0 Å². The van der Waals surface area contributed by atoms with Gasteiger partial charge in [-0.15, -0.1) is 0 Å². The number of carbonyl (C=O) groups is 1. The van der Waals surface area contributed by atoms with Crippen LogP contribution in [0.2, 0.25) is 0 Å². The lowest BCUT2D eigenvalue weighted by atomic mass is 9.99. The first kappa shape index (κ1) is 15.0. The largest absolute Gasteiger partial charge is 0.503 e. The third kappa shape index (κ3) is 2.30. The van der Waals surface area contributed by atoms with E-state index in [-0.39, 0.29) is 23.9 Å². The molecule has 4 rings (SSSR count). The number of pyridine rings is 1. The van der Waals surface area contributed by atoms with Crippen molar-refractivity contribution in [1.29, 1.82) is 0 Å². The molecule has 6 heteroatoms. The number of nitrogens with zero attached hydrogens (tertiary/aromatic N) is 2. The van der Waals surface area contributed by atoms with Crippen LogP contribution in [0.5, 0.6) is 5.75 Å². The molecule has 3 heterocycles. The number of amides is 1. The fraction of sp³-hybridized carbons (Fsp3) is 0.333. The molecule has 6 nitrogen and oxygen atoms in total. The van der Waals surface area contributed by atoms with E-state index in [0.29, 0.717) is 19.6 Å². The molecule has 24 heavy (non-hydrogen) atoms. The summed E-state index contributed by atoms with van der Waals surface area (Å²) in [6.45, 7) is 1.17. The van der Waals surface area contributed by atoms with Gasteiger partial charge >= 0.3 is 0 Å². The van der Waals surface area contributed by atoms with Gasteiger partial charge < -0.3 is 19.3 Å². The van der Waals surface area contributed by atoms with Crippen LogP contribution in [0, 0.1) is 0 Å². The topological polar surface area (TPSA) is 71.8 Å². The quantitative estimate of drug-likeness (QED) is 0.909. The average Bonchev–Trinajstić information content (AvgIpc) is 2.62. The summed E-state index contributed by atoms with van der Waals surface area (Å²) in [4.78, 5) is 26.2. The minimum Gasteiger partial charge on any atom is -0.503 e. The highest BCUT2D eigenvalue weighted by Crippen LogP contribution is 2.34. The summed E-state index contributed by atoms with van der Waals surface area (Å²) >= 11 is 0. The molecule has 1 N–H and O–H groups in total. The van der Waals surface area contributed by atoms with Gasteiger partial charge in [-0.1, -0.05) is 30.3 Å². The first-order chi connectivity index (χ1) is 11.7. The zero-order valence-electron chi connectivity index (χ0n) is 13.1. The molecule has 0 bridgehead atoms. The van der Waals surface area contributed by atoms with Crippen molar-refractivity contribution in [3.8, 4) is 5.75 Å². The lowest BCUT2D eigenvalue weighted by molar-refractivity contribution is -0.111. The van der Waals surface area contributed by atoms with E-state index in [2.05, 4.69) is 0 Å². The molecule has 1 fully saturated rings. The van der Waals surface area contributed by atoms with Gasteiger partial charge in [-0.2, -0.15) is 0 Å². The van der Waals surface area contributed by atoms with E-state index in [4.69, 9.17) is 4.74 Å². The zero-order valence-corrected chi connectivity index (χ0v) is 13.1. The van der Waals surface area contributed by atoms with E-state index in [1.807, 2.05) is 30.3 Å². The average molecular weight is 326 g/mol. The Morgan fingerprint density at radius 2 is 1.96 bits per heavy atom. The maximum Gasteiger partial charge on any atom is 0.276 e. The van der Waals surface area contributed by atoms with Crippen molar-refractivity contribution in [2.24, 2.45) is 0 Å². The van der Waals surface area contributed by atoms with Crippen LogP contribution in [-0.2, 0) is 11.2 Å². The van der Waals surface area contributed by atoms with Gasteiger partial charge in [0.1, 0.15) is 0 Å². The summed E-state index contributed by atoms with van der Waals surface area (Å²) in [7, 11) is 0. The number of hydrogen-bond acceptors (Lipinski definition) is 4. The maximum absolute atomic E-state index is 12.7. The predicted molar refractivity (Wildman–Crippen MR) is 86.9 cm³/mol. The van der Waals surface area contributed by atoms with Gasteiger partial charge in [0.15, 0.2) is 17.7 Å². The molecule has 2 aromatic rings. The Morgan fingerprint density at radius 3 is 2.75 bits per heavy atom. The number of ether oxygens (including phenoxy) is 1. The summed E-state index contributed by atoms with van der Waals surface area (Å²) in [5, 5.41) is 10.2. The summed E-state index contributed by atoms with van der Waals surface area (Å²) < 4.78 is 7.58. The van der Waals surface area contributed by atoms with Crippen molar-refractivity contribution in [3.63, 3.8) is 0 Å². The Kier molecular flexibility index (Phi) is 3.61. The minimum atomic E-state index is -0.538. The smallest absolute Gasteiger partial charge is 0.276 e. The summed E-state index contributed by atoms with van der Waals surface area (Å²) in [5.74, 6) is -0.830. The fourth-order valence-corrected chi connectivity index (χ4v) is 3.55. The molecule has 1 aromatic carbocycles. The number of aromatic nitrogens is 1. The van der Waals surface area contributed by atoms with Gasteiger partial charge in [0.25, 0.3) is 5.91 Å². The van der Waals surface area contributed by atoms with Crippen LogP contribution in [-0.4, -0.2) is 39.9 Å². The van der Waals surface area contributed by atoms with Gasteiger partial charge in [-0.05, 0) is 18.4 Å². The third-order valence-corrected chi connectivity index (χ3v) is 4.68. The van der Waals surface area contributed by atoms with E-state index >= 15 is 0 Å². The van der Waals surface area contributed by atoms with Crippen LogP contribution < -0.4 is 5.43 Å². The van der Waals surface area contributed by atoms with Crippen molar-refractivity contribution in [1.82, 2.24) is 9.47 Å². The number of hydrogen-bond donors (Lipinski definition) is 1. The highest BCUT2D eigenvalue weighted by atomic mass is 16.5. The molecule has 0 aliphatic carbocycles. The van der Waals surface area contributed by atoms with E-state index in [9.17, 15) is 14.7 Å². The molecule has 1 amide bonds. The molecule has 2 atom stereocenters. The van der Waals surface area contributed by atoms with Crippen LogP contribution in [0.25, 0.3) is 0 Å². The van der Waals surface area contributed by atoms with Gasteiger partial charge in [0, 0.05) is 18.8 Å². The number of benzene rings is 1. The van der Waals surface area contributed by atoms with Crippen LogP contribution in [0.15, 0.2) is 47.4 Å². The van der Waals surface area contributed by atoms with Crippen molar-refractivity contribution >= 4 is 5.91 Å². The van der Waals surface area contributed by atoms with Crippen LogP contribution in [0.4, 0.5) is 0 Å². The van der Waals surface area contributed by atoms with Crippen molar-refractivity contribution < 1.29 is 14.6 Å². The van der Waals surface area contributed by atoms with Gasteiger partial charge in [0.2, 0.25) is 5.43 Å².